The number of nitrogens with one attached hydrogen (secondary N) is 1. The zero-order chi connectivity index (χ0) is 16.7. The quantitative estimate of drug-likeness (QED) is 0.779. The fraction of sp³-hybridized carbons (Fsp3) is 0.235. The van der Waals surface area contributed by atoms with Gasteiger partial charge in [-0.05, 0) is 19.2 Å². The molecule has 1 aliphatic heterocycles. The molecular weight excluding hydrogens is 322 g/mol. The molecule has 3 aromatic rings. The molecule has 6 nitrogen and oxygen atoms in total. The number of carbonyl (C=O) groups is 1. The standard InChI is InChI=1S/C17H17N5OS/c1-11-10-21(2)6-7-22(11)17(23)15-13-4-3-12(9-14(13)19-20-15)16-18-5-8-24-16/h3-5,8-9H,1,6-7,10H2,2H3,(H,19,20). The number of piperazine rings is 1. The Balaban J connectivity index is 1.67. The van der Waals surface area contributed by atoms with Crippen molar-refractivity contribution < 1.29 is 4.79 Å². The largest absolute Gasteiger partial charge is 0.309 e. The predicted octanol–water partition coefficient (Wildman–Crippen LogP) is 2.59. The number of hydrogen-bond acceptors (Lipinski definition) is 5. The molecule has 0 aliphatic carbocycles. The Morgan fingerprint density at radius 2 is 2.25 bits per heavy atom. The van der Waals surface area contributed by atoms with Crippen LogP contribution in [0.25, 0.3) is 21.5 Å². The molecule has 1 N–H and O–H groups in total. The maximum Gasteiger partial charge on any atom is 0.279 e. The summed E-state index contributed by atoms with van der Waals surface area (Å²) in [4.78, 5) is 21.1. The van der Waals surface area contributed by atoms with Gasteiger partial charge in [-0.3, -0.25) is 14.8 Å². The number of aromatic nitrogens is 3. The normalized spacial score (nSPS) is 16.0. The number of aromatic amines is 1. The SMILES string of the molecule is C=C1CN(C)CCN1C(=O)c1n[nH]c2cc(-c3nccs3)ccc12. The Labute approximate surface area is 143 Å². The fourth-order valence-corrected chi connectivity index (χ4v) is 3.59. The number of likely N-dealkylation sites (N-methyl/N-ethyl adjacent to an activating group) is 1. The van der Waals surface area contributed by atoms with Crippen LogP contribution in [0.2, 0.25) is 0 Å². The Morgan fingerprint density at radius 3 is 3.00 bits per heavy atom. The van der Waals surface area contributed by atoms with Crippen LogP contribution in [0, 0.1) is 0 Å². The Morgan fingerprint density at radius 1 is 1.38 bits per heavy atom. The summed E-state index contributed by atoms with van der Waals surface area (Å²) in [6, 6.07) is 5.89. The molecule has 1 saturated heterocycles. The molecule has 122 valence electrons. The number of thiazole rings is 1. The smallest absolute Gasteiger partial charge is 0.279 e. The highest BCUT2D eigenvalue weighted by Gasteiger charge is 2.26. The minimum atomic E-state index is -0.0960. The van der Waals surface area contributed by atoms with Crippen molar-refractivity contribution in [3.05, 3.63) is 47.7 Å². The molecule has 4 rings (SSSR count). The maximum atomic E-state index is 12.9. The molecule has 0 saturated carbocycles. The van der Waals surface area contributed by atoms with Gasteiger partial charge in [0.1, 0.15) is 5.01 Å². The number of hydrogen-bond donors (Lipinski definition) is 1. The first-order chi connectivity index (χ1) is 11.6. The molecular formula is C17H17N5OS. The van der Waals surface area contributed by atoms with E-state index in [2.05, 4.69) is 26.7 Å². The lowest BCUT2D eigenvalue weighted by Crippen LogP contribution is -2.45. The third-order valence-electron chi connectivity index (χ3n) is 4.23. The number of benzene rings is 1. The minimum Gasteiger partial charge on any atom is -0.309 e. The highest BCUT2D eigenvalue weighted by molar-refractivity contribution is 7.13. The van der Waals surface area contributed by atoms with Gasteiger partial charge in [0.15, 0.2) is 5.69 Å². The van der Waals surface area contributed by atoms with Gasteiger partial charge in [0.25, 0.3) is 5.91 Å². The molecule has 0 radical (unpaired) electrons. The molecule has 2 aromatic heterocycles. The molecule has 3 heterocycles. The lowest BCUT2D eigenvalue weighted by molar-refractivity contribution is 0.0744. The highest BCUT2D eigenvalue weighted by atomic mass is 32.1. The van der Waals surface area contributed by atoms with Crippen molar-refractivity contribution in [1.29, 1.82) is 0 Å². The molecule has 0 atom stereocenters. The van der Waals surface area contributed by atoms with E-state index in [1.807, 2.05) is 30.6 Å². The summed E-state index contributed by atoms with van der Waals surface area (Å²) in [6.07, 6.45) is 1.78. The molecule has 7 heteroatoms. The average Bonchev–Trinajstić information content (AvgIpc) is 3.23. The zero-order valence-corrected chi connectivity index (χ0v) is 14.1. The van der Waals surface area contributed by atoms with E-state index in [0.29, 0.717) is 18.8 Å². The van der Waals surface area contributed by atoms with Crippen molar-refractivity contribution >= 4 is 28.1 Å². The maximum absolute atomic E-state index is 12.9. The van der Waals surface area contributed by atoms with Crippen LogP contribution in [0.4, 0.5) is 0 Å². The van der Waals surface area contributed by atoms with Crippen molar-refractivity contribution in [1.82, 2.24) is 25.0 Å². The number of nitrogens with zero attached hydrogens (tertiary/aromatic N) is 4. The minimum absolute atomic E-state index is 0.0960. The van der Waals surface area contributed by atoms with Crippen molar-refractivity contribution in [3.8, 4) is 10.6 Å². The Bertz CT molecular complexity index is 914. The van der Waals surface area contributed by atoms with E-state index >= 15 is 0 Å². The first-order valence-corrected chi connectivity index (χ1v) is 8.57. The summed E-state index contributed by atoms with van der Waals surface area (Å²) >= 11 is 1.58. The van der Waals surface area contributed by atoms with E-state index in [4.69, 9.17) is 0 Å². The van der Waals surface area contributed by atoms with Gasteiger partial charge in [-0.15, -0.1) is 11.3 Å². The zero-order valence-electron chi connectivity index (χ0n) is 13.3. The van der Waals surface area contributed by atoms with Crippen LogP contribution >= 0.6 is 11.3 Å². The van der Waals surface area contributed by atoms with E-state index in [1.54, 1.807) is 22.4 Å². The monoisotopic (exact) mass is 339 g/mol. The summed E-state index contributed by atoms with van der Waals surface area (Å²) in [5.74, 6) is -0.0960. The Kier molecular flexibility index (Phi) is 3.66. The molecule has 1 fully saturated rings. The molecule has 24 heavy (non-hydrogen) atoms. The van der Waals surface area contributed by atoms with E-state index in [9.17, 15) is 4.79 Å². The van der Waals surface area contributed by atoms with Crippen molar-refractivity contribution in [2.75, 3.05) is 26.7 Å². The van der Waals surface area contributed by atoms with Crippen molar-refractivity contribution in [2.24, 2.45) is 0 Å². The van der Waals surface area contributed by atoms with Gasteiger partial charge in [-0.2, -0.15) is 5.10 Å². The van der Waals surface area contributed by atoms with E-state index in [1.165, 1.54) is 0 Å². The summed E-state index contributed by atoms with van der Waals surface area (Å²) in [7, 11) is 2.02. The summed E-state index contributed by atoms with van der Waals surface area (Å²) < 4.78 is 0. The van der Waals surface area contributed by atoms with Gasteiger partial charge in [0.05, 0.1) is 5.52 Å². The van der Waals surface area contributed by atoms with E-state index < -0.39 is 0 Å². The van der Waals surface area contributed by atoms with Crippen LogP contribution in [0.1, 0.15) is 10.5 Å². The lowest BCUT2D eigenvalue weighted by atomic mass is 10.1. The number of rotatable bonds is 2. The fourth-order valence-electron chi connectivity index (χ4n) is 2.96. The third kappa shape index (κ3) is 2.51. The second-order valence-corrected chi connectivity index (χ2v) is 6.83. The second kappa shape index (κ2) is 5.85. The van der Waals surface area contributed by atoms with Crippen LogP contribution in [0.3, 0.4) is 0 Å². The molecule has 0 spiro atoms. The van der Waals surface area contributed by atoms with Gasteiger partial charge in [-0.1, -0.05) is 12.6 Å². The average molecular weight is 339 g/mol. The molecule has 1 aromatic carbocycles. The van der Waals surface area contributed by atoms with Gasteiger partial charge < -0.3 is 4.90 Å². The van der Waals surface area contributed by atoms with Crippen LogP contribution in [0.15, 0.2) is 42.1 Å². The van der Waals surface area contributed by atoms with Crippen LogP contribution in [-0.2, 0) is 0 Å². The number of H-pyrrole nitrogens is 1. The summed E-state index contributed by atoms with van der Waals surface area (Å²) in [5, 5.41) is 11.0. The van der Waals surface area contributed by atoms with Gasteiger partial charge in [0, 0.05) is 47.9 Å². The molecule has 0 unspecified atom stereocenters. The first-order valence-electron chi connectivity index (χ1n) is 7.69. The molecule has 1 aliphatic rings. The predicted molar refractivity (Wildman–Crippen MR) is 94.9 cm³/mol. The number of amides is 1. The van der Waals surface area contributed by atoms with Gasteiger partial charge in [-0.25, -0.2) is 4.98 Å². The first kappa shape index (κ1) is 15.0. The summed E-state index contributed by atoms with van der Waals surface area (Å²) in [5.41, 5.74) is 3.11. The van der Waals surface area contributed by atoms with Gasteiger partial charge >= 0.3 is 0 Å². The number of carbonyl (C=O) groups excluding carboxylic acids is 1. The number of fused-ring (bicyclic) bond motifs is 1. The molecule has 0 bridgehead atoms. The van der Waals surface area contributed by atoms with Crippen molar-refractivity contribution in [3.63, 3.8) is 0 Å². The van der Waals surface area contributed by atoms with Gasteiger partial charge in [0.2, 0.25) is 0 Å². The highest BCUT2D eigenvalue weighted by Crippen LogP contribution is 2.27. The van der Waals surface area contributed by atoms with Crippen LogP contribution < -0.4 is 0 Å². The van der Waals surface area contributed by atoms with Crippen LogP contribution in [0.5, 0.6) is 0 Å². The van der Waals surface area contributed by atoms with Crippen LogP contribution in [-0.4, -0.2) is 57.6 Å². The van der Waals surface area contributed by atoms with E-state index in [0.717, 1.165) is 33.7 Å². The third-order valence-corrected chi connectivity index (χ3v) is 5.05. The molecule has 1 amide bonds. The second-order valence-electron chi connectivity index (χ2n) is 5.93. The topological polar surface area (TPSA) is 65.1 Å². The lowest BCUT2D eigenvalue weighted by Gasteiger charge is -2.33. The summed E-state index contributed by atoms with van der Waals surface area (Å²) in [6.45, 7) is 6.19. The van der Waals surface area contributed by atoms with E-state index in [-0.39, 0.29) is 5.91 Å². The van der Waals surface area contributed by atoms with Crippen molar-refractivity contribution in [2.45, 2.75) is 0 Å². The Hall–Kier alpha value is -2.51.